The zero-order valence-electron chi connectivity index (χ0n) is 15.9. The molecule has 0 unspecified atom stereocenters. The fourth-order valence-corrected chi connectivity index (χ4v) is 3.71. The van der Waals surface area contributed by atoms with Gasteiger partial charge in [-0.3, -0.25) is 14.7 Å². The third kappa shape index (κ3) is 4.50. The molecule has 2 heterocycles. The first-order valence-electron chi connectivity index (χ1n) is 9.73. The van der Waals surface area contributed by atoms with Crippen LogP contribution in [0.2, 0.25) is 0 Å². The summed E-state index contributed by atoms with van der Waals surface area (Å²) in [6, 6.07) is 12.9. The topological polar surface area (TPSA) is 36.4 Å². The molecule has 0 bridgehead atoms. The molecule has 2 aromatic rings. The highest BCUT2D eigenvalue weighted by molar-refractivity contribution is 5.93. The lowest BCUT2D eigenvalue weighted by atomic mass is 10.0. The van der Waals surface area contributed by atoms with Crippen LogP contribution in [0.25, 0.3) is 0 Å². The predicted molar refractivity (Wildman–Crippen MR) is 106 cm³/mol. The number of carbonyl (C=O) groups is 1. The fraction of sp³-hybridized carbons (Fsp3) is 0.455. The molecular formula is C22H29N3O. The van der Waals surface area contributed by atoms with Gasteiger partial charge in [0.25, 0.3) is 0 Å². The minimum atomic E-state index is 0.222. The van der Waals surface area contributed by atoms with Gasteiger partial charge in [0.2, 0.25) is 5.91 Å². The van der Waals surface area contributed by atoms with Crippen molar-refractivity contribution in [2.75, 3.05) is 18.0 Å². The summed E-state index contributed by atoms with van der Waals surface area (Å²) < 4.78 is 0. The highest BCUT2D eigenvalue weighted by atomic mass is 16.2. The van der Waals surface area contributed by atoms with Gasteiger partial charge in [-0.05, 0) is 48.6 Å². The molecule has 1 fully saturated rings. The average molecular weight is 351 g/mol. The molecule has 4 heteroatoms. The summed E-state index contributed by atoms with van der Waals surface area (Å²) in [5, 5.41) is 0. The Labute approximate surface area is 156 Å². The Bertz CT molecular complexity index is 691. The summed E-state index contributed by atoms with van der Waals surface area (Å²) >= 11 is 0. The zero-order chi connectivity index (χ0) is 18.4. The summed E-state index contributed by atoms with van der Waals surface area (Å²) in [6.07, 6.45) is 7.35. The van der Waals surface area contributed by atoms with E-state index in [1.165, 1.54) is 11.1 Å². The Balaban J connectivity index is 1.66. The molecule has 3 rings (SSSR count). The van der Waals surface area contributed by atoms with Crippen molar-refractivity contribution in [2.24, 2.45) is 0 Å². The summed E-state index contributed by atoms with van der Waals surface area (Å²) in [6.45, 7) is 7.07. The first-order valence-corrected chi connectivity index (χ1v) is 9.73. The van der Waals surface area contributed by atoms with Crippen LogP contribution in [0.1, 0.15) is 44.2 Å². The van der Waals surface area contributed by atoms with E-state index in [1.54, 1.807) is 0 Å². The largest absolute Gasteiger partial charge is 0.309 e. The van der Waals surface area contributed by atoms with Crippen LogP contribution in [0.15, 0.2) is 48.8 Å². The molecule has 1 amide bonds. The van der Waals surface area contributed by atoms with E-state index in [-0.39, 0.29) is 5.91 Å². The number of piperidine rings is 1. The lowest BCUT2D eigenvalue weighted by Crippen LogP contribution is -2.47. The third-order valence-corrected chi connectivity index (χ3v) is 5.25. The summed E-state index contributed by atoms with van der Waals surface area (Å²) in [5.41, 5.74) is 3.60. The minimum Gasteiger partial charge on any atom is -0.309 e. The average Bonchev–Trinajstić information content (AvgIpc) is 2.70. The number of rotatable bonds is 6. The van der Waals surface area contributed by atoms with Crippen LogP contribution in [0, 0.1) is 0 Å². The van der Waals surface area contributed by atoms with Gasteiger partial charge in [-0.15, -0.1) is 0 Å². The standard InChI is InChI=1S/C22H29N3O/c1-3-18-7-9-20(10-8-18)25(22(26)4-2)21-11-14-24(15-12-21)17-19-6-5-13-23-16-19/h5-10,13,16,21H,3-4,11-12,14-15,17H2,1-2H3. The SMILES string of the molecule is CCC(=O)N(c1ccc(CC)cc1)C1CCN(Cc2cccnc2)CC1. The molecule has 4 nitrogen and oxygen atoms in total. The van der Waals surface area contributed by atoms with Crippen LogP contribution >= 0.6 is 0 Å². The molecule has 1 aliphatic rings. The highest BCUT2D eigenvalue weighted by Gasteiger charge is 2.28. The van der Waals surface area contributed by atoms with Crippen LogP contribution in [0.4, 0.5) is 5.69 Å². The molecule has 0 N–H and O–H groups in total. The van der Waals surface area contributed by atoms with Crippen molar-refractivity contribution < 1.29 is 4.79 Å². The van der Waals surface area contributed by atoms with E-state index in [2.05, 4.69) is 47.1 Å². The lowest BCUT2D eigenvalue weighted by Gasteiger charge is -2.38. The Hall–Kier alpha value is -2.20. The van der Waals surface area contributed by atoms with Gasteiger partial charge in [-0.25, -0.2) is 0 Å². The van der Waals surface area contributed by atoms with Crippen molar-refractivity contribution >= 4 is 11.6 Å². The van der Waals surface area contributed by atoms with Gasteiger partial charge in [0.15, 0.2) is 0 Å². The Morgan fingerprint density at radius 3 is 2.42 bits per heavy atom. The molecule has 0 spiro atoms. The van der Waals surface area contributed by atoms with E-state index in [0.29, 0.717) is 12.5 Å². The summed E-state index contributed by atoms with van der Waals surface area (Å²) in [4.78, 5) is 21.3. The molecule has 1 aromatic heterocycles. The van der Waals surface area contributed by atoms with E-state index in [1.807, 2.05) is 30.3 Å². The van der Waals surface area contributed by atoms with Crippen LogP contribution in [0.3, 0.4) is 0 Å². The van der Waals surface area contributed by atoms with Gasteiger partial charge in [-0.1, -0.05) is 32.0 Å². The molecule has 26 heavy (non-hydrogen) atoms. The van der Waals surface area contributed by atoms with Crippen molar-refractivity contribution in [1.82, 2.24) is 9.88 Å². The highest BCUT2D eigenvalue weighted by Crippen LogP contribution is 2.26. The van der Waals surface area contributed by atoms with E-state index in [4.69, 9.17) is 0 Å². The number of carbonyl (C=O) groups excluding carboxylic acids is 1. The predicted octanol–water partition coefficient (Wildman–Crippen LogP) is 4.05. The number of benzene rings is 1. The van der Waals surface area contributed by atoms with E-state index in [9.17, 15) is 4.79 Å². The lowest BCUT2D eigenvalue weighted by molar-refractivity contribution is -0.119. The number of aryl methyl sites for hydroxylation is 1. The fourth-order valence-electron chi connectivity index (χ4n) is 3.71. The van der Waals surface area contributed by atoms with E-state index >= 15 is 0 Å². The molecule has 138 valence electrons. The number of hydrogen-bond acceptors (Lipinski definition) is 3. The normalized spacial score (nSPS) is 15.8. The number of aromatic nitrogens is 1. The first kappa shape index (κ1) is 18.6. The quantitative estimate of drug-likeness (QED) is 0.788. The van der Waals surface area contributed by atoms with Crippen molar-refractivity contribution in [2.45, 2.75) is 52.1 Å². The number of amides is 1. The number of nitrogens with zero attached hydrogens (tertiary/aromatic N) is 3. The smallest absolute Gasteiger partial charge is 0.226 e. The Morgan fingerprint density at radius 2 is 1.85 bits per heavy atom. The van der Waals surface area contributed by atoms with E-state index < -0.39 is 0 Å². The van der Waals surface area contributed by atoms with Gasteiger partial charge < -0.3 is 4.90 Å². The maximum atomic E-state index is 12.6. The molecule has 1 aliphatic heterocycles. The molecule has 0 aliphatic carbocycles. The molecule has 1 aromatic carbocycles. The van der Waals surface area contributed by atoms with Gasteiger partial charge in [0.1, 0.15) is 0 Å². The van der Waals surface area contributed by atoms with Crippen LogP contribution in [-0.4, -0.2) is 34.9 Å². The second-order valence-electron chi connectivity index (χ2n) is 7.01. The van der Waals surface area contributed by atoms with Crippen LogP contribution in [0.5, 0.6) is 0 Å². The van der Waals surface area contributed by atoms with Crippen molar-refractivity contribution in [3.05, 3.63) is 59.9 Å². The molecular weight excluding hydrogens is 322 g/mol. The monoisotopic (exact) mass is 351 g/mol. The second-order valence-corrected chi connectivity index (χ2v) is 7.01. The van der Waals surface area contributed by atoms with Crippen molar-refractivity contribution in [3.8, 4) is 0 Å². The molecule has 0 saturated carbocycles. The van der Waals surface area contributed by atoms with Gasteiger partial charge in [-0.2, -0.15) is 0 Å². The van der Waals surface area contributed by atoms with Crippen LogP contribution < -0.4 is 4.90 Å². The van der Waals surface area contributed by atoms with Gasteiger partial charge in [0.05, 0.1) is 0 Å². The summed E-state index contributed by atoms with van der Waals surface area (Å²) in [5.74, 6) is 0.222. The Kier molecular flexibility index (Phi) is 6.40. The molecule has 1 saturated heterocycles. The maximum absolute atomic E-state index is 12.6. The van der Waals surface area contributed by atoms with E-state index in [0.717, 1.165) is 44.6 Å². The second kappa shape index (κ2) is 8.95. The Morgan fingerprint density at radius 1 is 1.12 bits per heavy atom. The van der Waals surface area contributed by atoms with Gasteiger partial charge >= 0.3 is 0 Å². The number of anilines is 1. The molecule has 0 atom stereocenters. The third-order valence-electron chi connectivity index (χ3n) is 5.25. The zero-order valence-corrected chi connectivity index (χ0v) is 15.9. The maximum Gasteiger partial charge on any atom is 0.226 e. The van der Waals surface area contributed by atoms with Crippen molar-refractivity contribution in [1.29, 1.82) is 0 Å². The first-order chi connectivity index (χ1) is 12.7. The van der Waals surface area contributed by atoms with Gasteiger partial charge in [0, 0.05) is 50.2 Å². The summed E-state index contributed by atoms with van der Waals surface area (Å²) in [7, 11) is 0. The number of likely N-dealkylation sites (tertiary alicyclic amines) is 1. The van der Waals surface area contributed by atoms with Crippen LogP contribution in [-0.2, 0) is 17.8 Å². The minimum absolute atomic E-state index is 0.222. The number of hydrogen-bond donors (Lipinski definition) is 0. The molecule has 0 radical (unpaired) electrons. The van der Waals surface area contributed by atoms with Crippen molar-refractivity contribution in [3.63, 3.8) is 0 Å². The number of pyridine rings is 1.